The maximum absolute atomic E-state index is 12.3. The first-order valence-corrected chi connectivity index (χ1v) is 10.8. The first-order valence-electron chi connectivity index (χ1n) is 10.8. The van der Waals surface area contributed by atoms with E-state index in [9.17, 15) is 4.79 Å². The van der Waals surface area contributed by atoms with Gasteiger partial charge in [0, 0.05) is 64.5 Å². The average molecular weight is 383 g/mol. The normalized spacial score (nSPS) is 20.3. The Labute approximate surface area is 166 Å². The fourth-order valence-electron chi connectivity index (χ4n) is 4.84. The van der Waals surface area contributed by atoms with Crippen molar-refractivity contribution in [3.8, 4) is 0 Å². The lowest BCUT2D eigenvalue weighted by atomic mass is 10.1. The summed E-state index contributed by atoms with van der Waals surface area (Å²) >= 11 is 0. The second-order valence-electron chi connectivity index (χ2n) is 8.42. The molecule has 4 heterocycles. The molecule has 2 aromatic rings. The number of hydrogen-bond acceptors (Lipinski definition) is 5. The van der Waals surface area contributed by atoms with E-state index in [0.717, 1.165) is 82.8 Å². The van der Waals surface area contributed by atoms with Gasteiger partial charge in [0.15, 0.2) is 0 Å². The summed E-state index contributed by atoms with van der Waals surface area (Å²) in [5.74, 6) is 1.27. The number of aryl methyl sites for hydroxylation is 3. The molecule has 0 spiro atoms. The van der Waals surface area contributed by atoms with E-state index < -0.39 is 0 Å². The molecule has 0 amide bonds. The van der Waals surface area contributed by atoms with Crippen molar-refractivity contribution in [1.29, 1.82) is 0 Å². The van der Waals surface area contributed by atoms with Gasteiger partial charge in [-0.2, -0.15) is 5.10 Å². The molecule has 1 saturated heterocycles. The van der Waals surface area contributed by atoms with Crippen LogP contribution in [0.4, 0.5) is 0 Å². The Morgan fingerprint density at radius 2 is 1.75 bits per heavy atom. The van der Waals surface area contributed by atoms with E-state index in [1.807, 2.05) is 0 Å². The Morgan fingerprint density at radius 1 is 0.893 bits per heavy atom. The van der Waals surface area contributed by atoms with Crippen LogP contribution in [-0.4, -0.2) is 61.9 Å². The highest BCUT2D eigenvalue weighted by molar-refractivity contribution is 5.22. The Kier molecular flexibility index (Phi) is 5.03. The molecule has 0 aromatic carbocycles. The highest BCUT2D eigenvalue weighted by atomic mass is 16.1. The molecule has 0 N–H and O–H groups in total. The lowest BCUT2D eigenvalue weighted by Gasteiger charge is -2.34. The Hall–Kier alpha value is -1.99. The molecule has 0 bridgehead atoms. The zero-order valence-corrected chi connectivity index (χ0v) is 16.6. The third-order valence-corrected chi connectivity index (χ3v) is 6.56. The third-order valence-electron chi connectivity index (χ3n) is 6.56. The van der Waals surface area contributed by atoms with E-state index in [0.29, 0.717) is 6.54 Å². The van der Waals surface area contributed by atoms with Gasteiger partial charge in [0.25, 0.3) is 5.56 Å². The lowest BCUT2D eigenvalue weighted by molar-refractivity contribution is 0.120. The van der Waals surface area contributed by atoms with Crippen LogP contribution < -0.4 is 5.56 Å². The van der Waals surface area contributed by atoms with Crippen LogP contribution in [0.1, 0.15) is 42.0 Å². The van der Waals surface area contributed by atoms with Gasteiger partial charge in [-0.25, -0.2) is 9.67 Å². The molecular formula is C21H30N6O. The fourth-order valence-corrected chi connectivity index (χ4v) is 4.84. The first kappa shape index (κ1) is 18.1. The molecule has 28 heavy (non-hydrogen) atoms. The van der Waals surface area contributed by atoms with Crippen molar-refractivity contribution >= 4 is 0 Å². The summed E-state index contributed by atoms with van der Waals surface area (Å²) < 4.78 is 4.11. The summed E-state index contributed by atoms with van der Waals surface area (Å²) in [5.41, 5.74) is 3.73. The van der Waals surface area contributed by atoms with E-state index in [1.165, 1.54) is 24.4 Å². The summed E-state index contributed by atoms with van der Waals surface area (Å²) in [6.07, 6.45) is 8.93. The van der Waals surface area contributed by atoms with Crippen LogP contribution in [-0.2, 0) is 38.9 Å². The van der Waals surface area contributed by atoms with Gasteiger partial charge in [0.2, 0.25) is 0 Å². The number of hydrogen-bond donors (Lipinski definition) is 0. The quantitative estimate of drug-likeness (QED) is 0.775. The summed E-state index contributed by atoms with van der Waals surface area (Å²) in [5, 5.41) is 4.60. The van der Waals surface area contributed by atoms with E-state index >= 15 is 0 Å². The molecule has 7 nitrogen and oxygen atoms in total. The minimum Gasteiger partial charge on any atom is -0.331 e. The molecule has 0 unspecified atom stereocenters. The number of imidazole rings is 1. The molecule has 7 heteroatoms. The van der Waals surface area contributed by atoms with Gasteiger partial charge in [0.1, 0.15) is 5.82 Å². The third kappa shape index (κ3) is 3.65. The fraction of sp³-hybridized carbons (Fsp3) is 0.667. The topological polar surface area (TPSA) is 59.2 Å². The zero-order valence-electron chi connectivity index (χ0n) is 16.6. The standard InChI is InChI=1S/C21H30N6O/c28-21-14-17-4-3-5-19(17)23-27(21)13-12-24-8-10-25(11-9-24)16-18-15-22-20-6-1-2-7-26(18)20/h14-15H,1-13,16H2. The number of aromatic nitrogens is 4. The van der Waals surface area contributed by atoms with Crippen molar-refractivity contribution in [2.75, 3.05) is 32.7 Å². The van der Waals surface area contributed by atoms with Gasteiger partial charge in [0.05, 0.1) is 17.9 Å². The molecule has 150 valence electrons. The molecule has 0 atom stereocenters. The van der Waals surface area contributed by atoms with Crippen LogP contribution in [0.25, 0.3) is 0 Å². The van der Waals surface area contributed by atoms with Crippen LogP contribution >= 0.6 is 0 Å². The molecule has 1 fully saturated rings. The Balaban J connectivity index is 1.13. The maximum atomic E-state index is 12.3. The monoisotopic (exact) mass is 382 g/mol. The lowest BCUT2D eigenvalue weighted by Crippen LogP contribution is -2.47. The maximum Gasteiger partial charge on any atom is 0.267 e. The molecular weight excluding hydrogens is 352 g/mol. The summed E-state index contributed by atoms with van der Waals surface area (Å²) in [6, 6.07) is 1.81. The van der Waals surface area contributed by atoms with E-state index in [2.05, 4.69) is 30.6 Å². The molecule has 2 aromatic heterocycles. The van der Waals surface area contributed by atoms with Crippen molar-refractivity contribution in [2.45, 2.75) is 58.2 Å². The van der Waals surface area contributed by atoms with Crippen molar-refractivity contribution in [3.05, 3.63) is 45.4 Å². The smallest absolute Gasteiger partial charge is 0.267 e. The van der Waals surface area contributed by atoms with E-state index in [-0.39, 0.29) is 5.56 Å². The van der Waals surface area contributed by atoms with E-state index in [4.69, 9.17) is 0 Å². The summed E-state index contributed by atoms with van der Waals surface area (Å²) in [4.78, 5) is 21.9. The molecule has 1 aliphatic carbocycles. The van der Waals surface area contributed by atoms with Gasteiger partial charge >= 0.3 is 0 Å². The minimum atomic E-state index is 0.0600. The van der Waals surface area contributed by atoms with Gasteiger partial charge in [-0.3, -0.25) is 14.6 Å². The number of rotatable bonds is 5. The van der Waals surface area contributed by atoms with Crippen molar-refractivity contribution in [3.63, 3.8) is 0 Å². The highest BCUT2D eigenvalue weighted by Crippen LogP contribution is 2.18. The summed E-state index contributed by atoms with van der Waals surface area (Å²) in [7, 11) is 0. The van der Waals surface area contributed by atoms with Crippen LogP contribution in [0.2, 0.25) is 0 Å². The Bertz CT molecular complexity index is 893. The first-order chi connectivity index (χ1) is 13.8. The minimum absolute atomic E-state index is 0.0600. The van der Waals surface area contributed by atoms with Crippen LogP contribution in [0.5, 0.6) is 0 Å². The molecule has 2 aliphatic heterocycles. The molecule has 3 aliphatic rings. The van der Waals surface area contributed by atoms with Crippen LogP contribution in [0, 0.1) is 0 Å². The SMILES string of the molecule is O=c1cc2c(nn1CCN1CCN(Cc3cnc4n3CCCC4)CC1)CCC2. The average Bonchev–Trinajstić information content (AvgIpc) is 3.34. The second kappa shape index (κ2) is 7.79. The largest absolute Gasteiger partial charge is 0.331 e. The van der Waals surface area contributed by atoms with Gasteiger partial charge < -0.3 is 4.57 Å². The zero-order chi connectivity index (χ0) is 18.9. The van der Waals surface area contributed by atoms with Crippen molar-refractivity contribution in [2.24, 2.45) is 0 Å². The summed E-state index contributed by atoms with van der Waals surface area (Å²) in [6.45, 7) is 8.01. The number of nitrogens with zero attached hydrogens (tertiary/aromatic N) is 6. The predicted octanol–water partition coefficient (Wildman–Crippen LogP) is 1.08. The van der Waals surface area contributed by atoms with Gasteiger partial charge in [-0.15, -0.1) is 0 Å². The molecule has 5 rings (SSSR count). The van der Waals surface area contributed by atoms with Gasteiger partial charge in [-0.05, 0) is 37.7 Å². The van der Waals surface area contributed by atoms with E-state index in [1.54, 1.807) is 10.7 Å². The molecule has 0 saturated carbocycles. The van der Waals surface area contributed by atoms with Crippen molar-refractivity contribution < 1.29 is 0 Å². The number of piperazine rings is 1. The van der Waals surface area contributed by atoms with Gasteiger partial charge in [-0.1, -0.05) is 0 Å². The van der Waals surface area contributed by atoms with Crippen molar-refractivity contribution in [1.82, 2.24) is 29.1 Å². The predicted molar refractivity (Wildman–Crippen MR) is 107 cm³/mol. The van der Waals surface area contributed by atoms with Crippen LogP contribution in [0.15, 0.2) is 17.1 Å². The Morgan fingerprint density at radius 3 is 2.64 bits per heavy atom. The number of fused-ring (bicyclic) bond motifs is 2. The second-order valence-corrected chi connectivity index (χ2v) is 8.42. The highest BCUT2D eigenvalue weighted by Gasteiger charge is 2.21. The molecule has 0 radical (unpaired) electrons. The van der Waals surface area contributed by atoms with Crippen LogP contribution in [0.3, 0.4) is 0 Å².